The van der Waals surface area contributed by atoms with Gasteiger partial charge in [-0.1, -0.05) is 0 Å². The maximum atomic E-state index is 10.8. The van der Waals surface area contributed by atoms with Gasteiger partial charge in [0.25, 0.3) is 0 Å². The van der Waals surface area contributed by atoms with Crippen molar-refractivity contribution in [2.45, 2.75) is 25.7 Å². The normalized spacial score (nSPS) is 10.2. The third kappa shape index (κ3) is 5.15. The summed E-state index contributed by atoms with van der Waals surface area (Å²) in [7, 11) is 0. The van der Waals surface area contributed by atoms with Gasteiger partial charge in [0.2, 0.25) is 0 Å². The van der Waals surface area contributed by atoms with Gasteiger partial charge in [0.1, 0.15) is 0 Å². The van der Waals surface area contributed by atoms with Gasteiger partial charge < -0.3 is 20.4 Å². The Morgan fingerprint density at radius 1 is 0.545 bits per heavy atom. The zero-order valence-electron chi connectivity index (χ0n) is 11.1. The minimum absolute atomic E-state index is 0.194. The Morgan fingerprint density at radius 3 is 0.864 bits per heavy atom. The van der Waals surface area contributed by atoms with E-state index in [0.717, 1.165) is 0 Å². The predicted molar refractivity (Wildman–Crippen MR) is 67.4 cm³/mol. The molecule has 1 aromatic heterocycles. The molecule has 0 unspecified atom stereocenters. The summed E-state index contributed by atoms with van der Waals surface area (Å²) in [5.74, 6) is -5.19. The van der Waals surface area contributed by atoms with Crippen LogP contribution in [-0.4, -0.2) is 54.3 Å². The molecule has 118 valence electrons. The second-order valence-corrected chi connectivity index (χ2v) is 4.29. The zero-order chi connectivity index (χ0) is 16.9. The second kappa shape index (κ2) is 7.11. The van der Waals surface area contributed by atoms with E-state index < -0.39 is 49.6 Å². The summed E-state index contributed by atoms with van der Waals surface area (Å²) in [6.45, 7) is 0. The van der Waals surface area contributed by atoms with Crippen LogP contribution in [0.15, 0.2) is 0 Å². The Balaban J connectivity index is 3.39. The highest BCUT2D eigenvalue weighted by Crippen LogP contribution is 2.13. The molecule has 0 aromatic carbocycles. The fourth-order valence-corrected chi connectivity index (χ4v) is 1.72. The smallest absolute Gasteiger partial charge is 0.309 e. The average molecular weight is 312 g/mol. The molecule has 0 radical (unpaired) electrons. The molecule has 1 rings (SSSR count). The fourth-order valence-electron chi connectivity index (χ4n) is 1.72. The Kier molecular flexibility index (Phi) is 5.50. The van der Waals surface area contributed by atoms with Crippen molar-refractivity contribution in [2.75, 3.05) is 0 Å². The molecule has 22 heavy (non-hydrogen) atoms. The number of hydrogen-bond acceptors (Lipinski definition) is 6. The van der Waals surface area contributed by atoms with Crippen molar-refractivity contribution in [1.82, 2.24) is 9.97 Å². The van der Waals surface area contributed by atoms with Crippen molar-refractivity contribution >= 4 is 23.9 Å². The van der Waals surface area contributed by atoms with E-state index in [-0.39, 0.29) is 22.8 Å². The van der Waals surface area contributed by atoms with E-state index in [2.05, 4.69) is 9.97 Å². The molecule has 0 aliphatic heterocycles. The van der Waals surface area contributed by atoms with Gasteiger partial charge in [0.05, 0.1) is 48.5 Å². The number of hydrogen-bond donors (Lipinski definition) is 4. The summed E-state index contributed by atoms with van der Waals surface area (Å²) in [5.41, 5.74) is -0.777. The van der Waals surface area contributed by atoms with Crippen LogP contribution in [0.2, 0.25) is 0 Å². The van der Waals surface area contributed by atoms with E-state index >= 15 is 0 Å². The van der Waals surface area contributed by atoms with E-state index in [9.17, 15) is 19.2 Å². The lowest BCUT2D eigenvalue weighted by molar-refractivity contribution is -0.138. The van der Waals surface area contributed by atoms with Gasteiger partial charge in [-0.15, -0.1) is 0 Å². The quantitative estimate of drug-likeness (QED) is 0.465. The summed E-state index contributed by atoms with van der Waals surface area (Å²) in [6.07, 6.45) is -2.57. The first-order valence-corrected chi connectivity index (χ1v) is 5.93. The lowest BCUT2D eigenvalue weighted by Crippen LogP contribution is -2.19. The molecular weight excluding hydrogens is 300 g/mol. The highest BCUT2D eigenvalue weighted by atomic mass is 16.4. The maximum absolute atomic E-state index is 10.8. The van der Waals surface area contributed by atoms with Gasteiger partial charge in [-0.25, -0.2) is 0 Å². The molecule has 1 heterocycles. The van der Waals surface area contributed by atoms with Crippen molar-refractivity contribution in [3.8, 4) is 0 Å². The molecular formula is C12H12N2O8. The molecule has 1 aromatic rings. The van der Waals surface area contributed by atoms with Gasteiger partial charge in [-0.05, 0) is 0 Å². The van der Waals surface area contributed by atoms with Crippen LogP contribution in [0.25, 0.3) is 0 Å². The molecule has 4 N–H and O–H groups in total. The standard InChI is InChI=1S/C12H12N2O8/c15-9(16)1-5-6(2-10(17)18)14-8(4-12(21)22)7(13-5)3-11(19)20/h1-4H2,(H,15,16)(H,17,18)(H,19,20)(H,21,22). The Labute approximate surface area is 123 Å². The minimum atomic E-state index is -1.30. The topological polar surface area (TPSA) is 175 Å². The maximum Gasteiger partial charge on any atom is 0.309 e. The van der Waals surface area contributed by atoms with E-state index in [1.807, 2.05) is 0 Å². The van der Waals surface area contributed by atoms with Gasteiger partial charge in [-0.2, -0.15) is 0 Å². The molecule has 0 spiro atoms. The molecule has 0 bridgehead atoms. The summed E-state index contributed by atoms with van der Waals surface area (Å²) < 4.78 is 0. The number of aromatic nitrogens is 2. The largest absolute Gasteiger partial charge is 0.481 e. The Bertz CT molecular complexity index is 534. The Hall–Kier alpha value is -3.04. The van der Waals surface area contributed by atoms with E-state index in [1.165, 1.54) is 0 Å². The first-order chi connectivity index (χ1) is 10.2. The van der Waals surface area contributed by atoms with Crippen molar-refractivity contribution in [1.29, 1.82) is 0 Å². The van der Waals surface area contributed by atoms with Gasteiger partial charge in [0, 0.05) is 0 Å². The molecule has 0 amide bonds. The number of carboxylic acids is 4. The molecule has 10 heteroatoms. The van der Waals surface area contributed by atoms with E-state index in [4.69, 9.17) is 20.4 Å². The first-order valence-electron chi connectivity index (χ1n) is 5.93. The van der Waals surface area contributed by atoms with Crippen molar-refractivity contribution in [3.05, 3.63) is 22.8 Å². The predicted octanol–water partition coefficient (Wildman–Crippen LogP) is -1.01. The van der Waals surface area contributed by atoms with Crippen molar-refractivity contribution in [2.24, 2.45) is 0 Å². The lowest BCUT2D eigenvalue weighted by atomic mass is 10.1. The van der Waals surface area contributed by atoms with Gasteiger partial charge in [0.15, 0.2) is 0 Å². The average Bonchev–Trinajstić information content (AvgIpc) is 2.31. The SMILES string of the molecule is O=C(O)Cc1nc(CC(=O)O)c(CC(=O)O)nc1CC(=O)O. The number of carbonyl (C=O) groups is 4. The van der Waals surface area contributed by atoms with Crippen LogP contribution in [0, 0.1) is 0 Å². The monoisotopic (exact) mass is 312 g/mol. The van der Waals surface area contributed by atoms with Crippen molar-refractivity contribution < 1.29 is 39.6 Å². The van der Waals surface area contributed by atoms with Crippen LogP contribution in [0.1, 0.15) is 22.8 Å². The second-order valence-electron chi connectivity index (χ2n) is 4.29. The molecule has 0 saturated carbocycles. The number of nitrogens with zero attached hydrogens (tertiary/aromatic N) is 2. The summed E-state index contributed by atoms with van der Waals surface area (Å²) in [6, 6.07) is 0. The molecule has 0 saturated heterocycles. The first kappa shape index (κ1) is 17.0. The van der Waals surface area contributed by atoms with Crippen LogP contribution in [0.4, 0.5) is 0 Å². The van der Waals surface area contributed by atoms with Crippen LogP contribution in [0.3, 0.4) is 0 Å². The fraction of sp³-hybridized carbons (Fsp3) is 0.333. The number of carboxylic acid groups (broad SMARTS) is 4. The van der Waals surface area contributed by atoms with E-state index in [0.29, 0.717) is 0 Å². The van der Waals surface area contributed by atoms with Gasteiger partial charge >= 0.3 is 23.9 Å². The summed E-state index contributed by atoms with van der Waals surface area (Å²) >= 11 is 0. The Morgan fingerprint density at radius 2 is 0.727 bits per heavy atom. The van der Waals surface area contributed by atoms with Crippen molar-refractivity contribution in [3.63, 3.8) is 0 Å². The minimum Gasteiger partial charge on any atom is -0.481 e. The molecule has 0 fully saturated rings. The molecule has 10 nitrogen and oxygen atoms in total. The highest BCUT2D eigenvalue weighted by Gasteiger charge is 2.20. The zero-order valence-corrected chi connectivity index (χ0v) is 11.1. The molecule has 0 aliphatic carbocycles. The molecule has 0 atom stereocenters. The summed E-state index contributed by atoms with van der Waals surface area (Å²) in [4.78, 5) is 50.7. The van der Waals surface area contributed by atoms with E-state index in [1.54, 1.807) is 0 Å². The highest BCUT2D eigenvalue weighted by molar-refractivity contribution is 5.75. The lowest BCUT2D eigenvalue weighted by Gasteiger charge is -2.11. The number of aliphatic carboxylic acids is 4. The van der Waals surface area contributed by atoms with Crippen LogP contribution in [0.5, 0.6) is 0 Å². The molecule has 0 aliphatic rings. The van der Waals surface area contributed by atoms with Crippen LogP contribution in [-0.2, 0) is 44.9 Å². The number of rotatable bonds is 8. The third-order valence-corrected chi connectivity index (χ3v) is 2.48. The van der Waals surface area contributed by atoms with Crippen LogP contribution >= 0.6 is 0 Å². The third-order valence-electron chi connectivity index (χ3n) is 2.48. The van der Waals surface area contributed by atoms with Gasteiger partial charge in [-0.3, -0.25) is 29.1 Å². The summed E-state index contributed by atoms with van der Waals surface area (Å²) in [5, 5.41) is 35.1. The van der Waals surface area contributed by atoms with Crippen LogP contribution < -0.4 is 0 Å².